The third kappa shape index (κ3) is 9.06. The van der Waals surface area contributed by atoms with Crippen LogP contribution in [0.3, 0.4) is 0 Å². The predicted molar refractivity (Wildman–Crippen MR) is 57.6 cm³/mol. The van der Waals surface area contributed by atoms with Crippen LogP contribution < -0.4 is 0 Å². The Kier molecular flexibility index (Phi) is 8.53. The highest BCUT2D eigenvalue weighted by molar-refractivity contribution is 5.88. The van der Waals surface area contributed by atoms with Crippen LogP contribution >= 0.6 is 0 Å². The van der Waals surface area contributed by atoms with Crippen molar-refractivity contribution in [2.24, 2.45) is 0 Å². The van der Waals surface area contributed by atoms with Crippen LogP contribution in [0.5, 0.6) is 0 Å². The maximum absolute atomic E-state index is 10.3. The molecule has 17 heavy (non-hydrogen) atoms. The number of aliphatic carboxylic acids is 3. The zero-order chi connectivity index (χ0) is 14.1. The molecule has 0 rings (SSSR count). The molecule has 7 nitrogen and oxygen atoms in total. The second kappa shape index (κ2) is 8.28. The Morgan fingerprint density at radius 1 is 1.12 bits per heavy atom. The second-order valence-corrected chi connectivity index (χ2v) is 3.17. The number of hydrogen-bond donors (Lipinski definition) is 4. The van der Waals surface area contributed by atoms with Crippen LogP contribution in [0.15, 0.2) is 12.7 Å². The Morgan fingerprint density at radius 2 is 1.41 bits per heavy atom. The Labute approximate surface area is 98.0 Å². The number of carboxylic acid groups (broad SMARTS) is 3. The van der Waals surface area contributed by atoms with Crippen molar-refractivity contribution >= 4 is 17.9 Å². The van der Waals surface area contributed by atoms with Crippen molar-refractivity contribution in [2.45, 2.75) is 31.8 Å². The Balaban J connectivity index is 0. The minimum atomic E-state index is -2.74. The number of allylic oxidation sites excluding steroid dienone is 1. The summed E-state index contributed by atoms with van der Waals surface area (Å²) in [5.41, 5.74) is -2.74. The summed E-state index contributed by atoms with van der Waals surface area (Å²) in [7, 11) is 0. The maximum atomic E-state index is 10.3. The lowest BCUT2D eigenvalue weighted by atomic mass is 9.96. The molecule has 0 saturated heterocycles. The van der Waals surface area contributed by atoms with Gasteiger partial charge in [-0.05, 0) is 6.42 Å². The average Bonchev–Trinajstić information content (AvgIpc) is 2.15. The third-order valence-electron chi connectivity index (χ3n) is 1.57. The molecule has 0 aromatic rings. The molecule has 0 unspecified atom stereocenters. The SMILES string of the molecule is C=CCC.O=C(O)CC(O)(CC(=O)O)C(=O)O. The molecule has 0 aromatic carbocycles. The molecule has 0 atom stereocenters. The predicted octanol–water partition coefficient (Wildman–Crippen LogP) is 0.334. The van der Waals surface area contributed by atoms with Gasteiger partial charge in [-0.1, -0.05) is 13.0 Å². The highest BCUT2D eigenvalue weighted by Gasteiger charge is 2.40. The second-order valence-electron chi connectivity index (χ2n) is 3.17. The summed E-state index contributed by atoms with van der Waals surface area (Å²) >= 11 is 0. The first kappa shape index (κ1) is 17.5. The fourth-order valence-corrected chi connectivity index (χ4v) is 0.714. The molecular weight excluding hydrogens is 232 g/mol. The van der Waals surface area contributed by atoms with E-state index in [4.69, 9.17) is 20.4 Å². The molecule has 0 aliphatic rings. The van der Waals surface area contributed by atoms with Gasteiger partial charge < -0.3 is 20.4 Å². The Hall–Kier alpha value is -1.89. The van der Waals surface area contributed by atoms with Crippen LogP contribution in [-0.4, -0.2) is 43.9 Å². The topological polar surface area (TPSA) is 132 Å². The van der Waals surface area contributed by atoms with Gasteiger partial charge in [0.1, 0.15) is 0 Å². The molecule has 0 bridgehead atoms. The van der Waals surface area contributed by atoms with Gasteiger partial charge >= 0.3 is 17.9 Å². The number of hydrogen-bond acceptors (Lipinski definition) is 4. The Morgan fingerprint density at radius 3 is 1.53 bits per heavy atom. The summed E-state index contributed by atoms with van der Waals surface area (Å²) in [4.78, 5) is 30.5. The van der Waals surface area contributed by atoms with Gasteiger partial charge in [-0.2, -0.15) is 0 Å². The van der Waals surface area contributed by atoms with Crippen LogP contribution in [0, 0.1) is 0 Å². The van der Waals surface area contributed by atoms with E-state index >= 15 is 0 Å². The molecule has 98 valence electrons. The van der Waals surface area contributed by atoms with E-state index < -0.39 is 36.4 Å². The average molecular weight is 248 g/mol. The summed E-state index contributed by atoms with van der Waals surface area (Å²) in [5.74, 6) is -5.02. The van der Waals surface area contributed by atoms with Gasteiger partial charge in [0.15, 0.2) is 5.60 Å². The fourth-order valence-electron chi connectivity index (χ4n) is 0.714. The van der Waals surface area contributed by atoms with Gasteiger partial charge in [0.2, 0.25) is 0 Å². The maximum Gasteiger partial charge on any atom is 0.336 e. The summed E-state index contributed by atoms with van der Waals surface area (Å²) in [6.07, 6.45) is 0.670. The van der Waals surface area contributed by atoms with E-state index in [-0.39, 0.29) is 0 Å². The van der Waals surface area contributed by atoms with E-state index in [1.165, 1.54) is 0 Å². The van der Waals surface area contributed by atoms with Gasteiger partial charge in [-0.3, -0.25) is 9.59 Å². The van der Waals surface area contributed by atoms with Gasteiger partial charge in [0.05, 0.1) is 12.8 Å². The molecule has 0 amide bonds. The summed E-state index contributed by atoms with van der Waals surface area (Å²) < 4.78 is 0. The van der Waals surface area contributed by atoms with Crippen molar-refractivity contribution in [1.82, 2.24) is 0 Å². The van der Waals surface area contributed by atoms with E-state index in [1.54, 1.807) is 0 Å². The summed E-state index contributed by atoms with van der Waals surface area (Å²) in [6.45, 7) is 5.54. The van der Waals surface area contributed by atoms with Crippen molar-refractivity contribution in [3.63, 3.8) is 0 Å². The highest BCUT2D eigenvalue weighted by atomic mass is 16.4. The Bertz CT molecular complexity index is 279. The van der Waals surface area contributed by atoms with E-state index in [2.05, 4.69) is 13.5 Å². The lowest BCUT2D eigenvalue weighted by Gasteiger charge is -2.18. The van der Waals surface area contributed by atoms with Crippen LogP contribution in [0.4, 0.5) is 0 Å². The summed E-state index contributed by atoms with van der Waals surface area (Å²) in [5, 5.41) is 33.8. The fraction of sp³-hybridized carbons (Fsp3) is 0.500. The van der Waals surface area contributed by atoms with Crippen molar-refractivity contribution in [3.05, 3.63) is 12.7 Å². The van der Waals surface area contributed by atoms with Crippen molar-refractivity contribution in [2.75, 3.05) is 0 Å². The quantitative estimate of drug-likeness (QED) is 0.498. The van der Waals surface area contributed by atoms with Crippen LogP contribution in [0.25, 0.3) is 0 Å². The summed E-state index contributed by atoms with van der Waals surface area (Å²) in [6, 6.07) is 0. The largest absolute Gasteiger partial charge is 0.481 e. The molecule has 0 fully saturated rings. The molecule has 0 heterocycles. The van der Waals surface area contributed by atoms with Crippen LogP contribution in [0.2, 0.25) is 0 Å². The first-order valence-electron chi connectivity index (χ1n) is 4.69. The number of aliphatic hydroxyl groups is 1. The zero-order valence-corrected chi connectivity index (χ0v) is 9.42. The van der Waals surface area contributed by atoms with Gasteiger partial charge in [0, 0.05) is 0 Å². The van der Waals surface area contributed by atoms with Gasteiger partial charge in [-0.25, -0.2) is 4.79 Å². The number of carboxylic acids is 3. The molecule has 0 radical (unpaired) electrons. The van der Waals surface area contributed by atoms with E-state index in [0.29, 0.717) is 0 Å². The zero-order valence-electron chi connectivity index (χ0n) is 9.42. The molecular formula is C10H16O7. The van der Waals surface area contributed by atoms with Crippen LogP contribution in [-0.2, 0) is 14.4 Å². The highest BCUT2D eigenvalue weighted by Crippen LogP contribution is 2.15. The van der Waals surface area contributed by atoms with E-state index in [1.807, 2.05) is 6.08 Å². The van der Waals surface area contributed by atoms with E-state index in [0.717, 1.165) is 6.42 Å². The molecule has 0 spiro atoms. The first-order valence-corrected chi connectivity index (χ1v) is 4.69. The molecule has 7 heteroatoms. The third-order valence-corrected chi connectivity index (χ3v) is 1.57. The van der Waals surface area contributed by atoms with Crippen molar-refractivity contribution < 1.29 is 34.8 Å². The molecule has 0 aromatic heterocycles. The minimum Gasteiger partial charge on any atom is -0.481 e. The van der Waals surface area contributed by atoms with Crippen LogP contribution in [0.1, 0.15) is 26.2 Å². The smallest absolute Gasteiger partial charge is 0.336 e. The lowest BCUT2D eigenvalue weighted by molar-refractivity contribution is -0.170. The molecule has 0 saturated carbocycles. The van der Waals surface area contributed by atoms with Crippen molar-refractivity contribution in [1.29, 1.82) is 0 Å². The molecule has 4 N–H and O–H groups in total. The van der Waals surface area contributed by atoms with Gasteiger partial charge in [0.25, 0.3) is 0 Å². The number of carbonyl (C=O) groups is 3. The molecule has 0 aliphatic heterocycles. The lowest BCUT2D eigenvalue weighted by Crippen LogP contribution is -2.42. The normalized spacial score (nSPS) is 9.76. The minimum absolute atomic E-state index is 1.08. The number of rotatable bonds is 6. The first-order chi connectivity index (χ1) is 7.69. The van der Waals surface area contributed by atoms with Crippen molar-refractivity contribution in [3.8, 4) is 0 Å². The van der Waals surface area contributed by atoms with Gasteiger partial charge in [-0.15, -0.1) is 6.58 Å². The molecule has 0 aliphatic carbocycles. The van der Waals surface area contributed by atoms with E-state index in [9.17, 15) is 14.4 Å². The monoisotopic (exact) mass is 248 g/mol. The standard InChI is InChI=1S/C6H8O7.C4H8/c7-3(8)1-6(13,5(11)12)2-4(9)10;1-3-4-2/h13H,1-2H2,(H,7,8)(H,9,10)(H,11,12);3H,1,4H2,2H3.